The van der Waals surface area contributed by atoms with E-state index in [9.17, 15) is 9.59 Å². The van der Waals surface area contributed by atoms with Gasteiger partial charge in [0.15, 0.2) is 11.9 Å². The zero-order valence-corrected chi connectivity index (χ0v) is 19.1. The predicted molar refractivity (Wildman–Crippen MR) is 124 cm³/mol. The highest BCUT2D eigenvalue weighted by atomic mass is 16.5. The van der Waals surface area contributed by atoms with Crippen LogP contribution in [0.3, 0.4) is 0 Å². The van der Waals surface area contributed by atoms with Crippen molar-refractivity contribution in [1.82, 2.24) is 26.1 Å². The van der Waals surface area contributed by atoms with Crippen LogP contribution in [0.25, 0.3) is 11.3 Å². The highest BCUT2D eigenvalue weighted by molar-refractivity contribution is 5.94. The number of aromatic nitrogens is 2. The SMILES string of the molecule is CCC(CC)NC(=O)C1=CNC(c2cccc(-c3cc(C(=O)NC4(C5CC5)CC4)n[nH]3)c2)O1. The van der Waals surface area contributed by atoms with Crippen molar-refractivity contribution in [3.63, 3.8) is 0 Å². The van der Waals surface area contributed by atoms with Crippen LogP contribution in [0.15, 0.2) is 42.3 Å². The van der Waals surface area contributed by atoms with Crippen molar-refractivity contribution in [3.8, 4) is 11.3 Å². The summed E-state index contributed by atoms with van der Waals surface area (Å²) in [6.45, 7) is 4.10. The molecule has 0 radical (unpaired) electrons. The molecule has 4 N–H and O–H groups in total. The second kappa shape index (κ2) is 8.57. The maximum Gasteiger partial charge on any atom is 0.288 e. The van der Waals surface area contributed by atoms with Gasteiger partial charge < -0.3 is 20.7 Å². The molecule has 5 rings (SSSR count). The third-order valence-corrected chi connectivity index (χ3v) is 6.98. The van der Waals surface area contributed by atoms with Crippen LogP contribution in [0, 0.1) is 5.92 Å². The number of amides is 2. The molecule has 2 aliphatic carbocycles. The lowest BCUT2D eigenvalue weighted by Gasteiger charge is -2.17. The first-order valence-electron chi connectivity index (χ1n) is 11.9. The Morgan fingerprint density at radius 1 is 1.18 bits per heavy atom. The Hall–Kier alpha value is -3.29. The lowest BCUT2D eigenvalue weighted by Crippen LogP contribution is -2.38. The van der Waals surface area contributed by atoms with Crippen molar-refractivity contribution < 1.29 is 14.3 Å². The Morgan fingerprint density at radius 2 is 1.97 bits per heavy atom. The first-order valence-corrected chi connectivity index (χ1v) is 11.9. The Kier molecular flexibility index (Phi) is 5.60. The maximum absolute atomic E-state index is 12.7. The van der Waals surface area contributed by atoms with Crippen molar-refractivity contribution in [1.29, 1.82) is 0 Å². The molecule has 2 saturated carbocycles. The van der Waals surface area contributed by atoms with Gasteiger partial charge in [0.1, 0.15) is 0 Å². The third kappa shape index (κ3) is 4.47. The molecule has 1 atom stereocenters. The Balaban J connectivity index is 1.23. The normalized spacial score (nSPS) is 20.6. The van der Waals surface area contributed by atoms with Gasteiger partial charge in [-0.25, -0.2) is 0 Å². The monoisotopic (exact) mass is 449 g/mol. The van der Waals surface area contributed by atoms with Gasteiger partial charge in [-0.15, -0.1) is 0 Å². The molecule has 8 nitrogen and oxygen atoms in total. The predicted octanol–water partition coefficient (Wildman–Crippen LogP) is 3.51. The fraction of sp³-hybridized carbons (Fsp3) is 0.480. The topological polar surface area (TPSA) is 108 Å². The summed E-state index contributed by atoms with van der Waals surface area (Å²) in [7, 11) is 0. The van der Waals surface area contributed by atoms with Gasteiger partial charge in [0.25, 0.3) is 11.8 Å². The zero-order valence-electron chi connectivity index (χ0n) is 19.1. The Bertz CT molecular complexity index is 1080. The summed E-state index contributed by atoms with van der Waals surface area (Å²) in [5, 5.41) is 16.6. The minimum atomic E-state index is -0.452. The van der Waals surface area contributed by atoms with E-state index in [1.807, 2.05) is 38.1 Å². The van der Waals surface area contributed by atoms with E-state index in [0.717, 1.165) is 42.5 Å². The summed E-state index contributed by atoms with van der Waals surface area (Å²) in [6, 6.07) is 9.70. The summed E-state index contributed by atoms with van der Waals surface area (Å²) in [5.41, 5.74) is 2.95. The van der Waals surface area contributed by atoms with Crippen molar-refractivity contribution in [2.45, 2.75) is 70.2 Å². The minimum absolute atomic E-state index is 0.0207. The molecule has 2 heterocycles. The maximum atomic E-state index is 12.7. The molecule has 1 aromatic heterocycles. The van der Waals surface area contributed by atoms with Crippen LogP contribution in [-0.4, -0.2) is 33.6 Å². The standard InChI is InChI=1S/C25H31N5O3/c1-3-18(4-2)27-23(32)21-14-26-24(33-21)16-7-5-6-15(12-16)19-13-20(30-29-19)22(31)28-25(10-11-25)17-8-9-17/h5-7,12-14,17-18,24,26H,3-4,8-11H2,1-2H3,(H,27,32)(H,28,31)(H,29,30). The number of hydrogen-bond acceptors (Lipinski definition) is 5. The van der Waals surface area contributed by atoms with Crippen LogP contribution in [0.5, 0.6) is 0 Å². The number of carbonyl (C=O) groups is 2. The zero-order chi connectivity index (χ0) is 23.0. The molecule has 174 valence electrons. The summed E-state index contributed by atoms with van der Waals surface area (Å²) in [6.07, 6.45) is 7.48. The number of H-pyrrole nitrogens is 1. The van der Waals surface area contributed by atoms with E-state index in [1.165, 1.54) is 12.8 Å². The average molecular weight is 450 g/mol. The van der Waals surface area contributed by atoms with E-state index in [-0.39, 0.29) is 29.2 Å². The van der Waals surface area contributed by atoms with Crippen LogP contribution in [-0.2, 0) is 9.53 Å². The number of hydrogen-bond donors (Lipinski definition) is 4. The molecule has 3 aliphatic rings. The number of nitrogens with one attached hydrogen (secondary N) is 4. The van der Waals surface area contributed by atoms with Crippen LogP contribution < -0.4 is 16.0 Å². The first-order chi connectivity index (χ1) is 16.0. The van der Waals surface area contributed by atoms with Gasteiger partial charge in [-0.1, -0.05) is 32.0 Å². The van der Waals surface area contributed by atoms with E-state index in [1.54, 1.807) is 12.3 Å². The molecular formula is C25H31N5O3. The third-order valence-electron chi connectivity index (χ3n) is 6.98. The molecule has 2 amide bonds. The van der Waals surface area contributed by atoms with Gasteiger partial charge in [-0.2, -0.15) is 5.10 Å². The number of rotatable bonds is 9. The summed E-state index contributed by atoms with van der Waals surface area (Å²) in [5.74, 6) is 0.600. The minimum Gasteiger partial charge on any atom is -0.459 e. The van der Waals surface area contributed by atoms with Crippen LogP contribution in [0.2, 0.25) is 0 Å². The van der Waals surface area contributed by atoms with Crippen molar-refractivity contribution in [2.24, 2.45) is 5.92 Å². The number of benzene rings is 1. The fourth-order valence-electron chi connectivity index (χ4n) is 4.53. The van der Waals surface area contributed by atoms with Gasteiger partial charge in [0, 0.05) is 28.9 Å². The van der Waals surface area contributed by atoms with Crippen LogP contribution >= 0.6 is 0 Å². The molecule has 8 heteroatoms. The fourth-order valence-corrected chi connectivity index (χ4v) is 4.53. The van der Waals surface area contributed by atoms with Crippen LogP contribution in [0.1, 0.15) is 74.7 Å². The van der Waals surface area contributed by atoms with E-state index >= 15 is 0 Å². The number of carbonyl (C=O) groups excluding carboxylic acids is 2. The highest BCUT2D eigenvalue weighted by Crippen LogP contribution is 2.53. The smallest absolute Gasteiger partial charge is 0.288 e. The van der Waals surface area contributed by atoms with Gasteiger partial charge in [0.05, 0.1) is 5.69 Å². The summed E-state index contributed by atoms with van der Waals surface area (Å²) in [4.78, 5) is 25.2. The van der Waals surface area contributed by atoms with E-state index in [2.05, 4.69) is 26.1 Å². The number of ether oxygens (including phenoxy) is 1. The average Bonchev–Trinajstić information content (AvgIpc) is 3.72. The van der Waals surface area contributed by atoms with Gasteiger partial charge in [-0.3, -0.25) is 14.7 Å². The van der Waals surface area contributed by atoms with Gasteiger partial charge in [0.2, 0.25) is 5.76 Å². The second-order valence-corrected chi connectivity index (χ2v) is 9.34. The molecule has 2 aromatic rings. The largest absolute Gasteiger partial charge is 0.459 e. The molecule has 0 bridgehead atoms. The molecule has 1 aliphatic heterocycles. The summed E-state index contributed by atoms with van der Waals surface area (Å²) < 4.78 is 5.87. The Labute approximate surface area is 193 Å². The molecule has 33 heavy (non-hydrogen) atoms. The number of nitrogens with zero attached hydrogens (tertiary/aromatic N) is 1. The molecule has 2 fully saturated rings. The van der Waals surface area contributed by atoms with Crippen molar-refractivity contribution in [2.75, 3.05) is 0 Å². The second-order valence-electron chi connectivity index (χ2n) is 9.34. The summed E-state index contributed by atoms with van der Waals surface area (Å²) >= 11 is 0. The molecular weight excluding hydrogens is 418 g/mol. The van der Waals surface area contributed by atoms with E-state index in [4.69, 9.17) is 4.74 Å². The molecule has 1 unspecified atom stereocenters. The lowest BCUT2D eigenvalue weighted by atomic mass is 10.1. The van der Waals surface area contributed by atoms with E-state index in [0.29, 0.717) is 11.6 Å². The number of aromatic amines is 1. The van der Waals surface area contributed by atoms with Gasteiger partial charge >= 0.3 is 0 Å². The molecule has 1 aromatic carbocycles. The first kappa shape index (κ1) is 21.6. The van der Waals surface area contributed by atoms with Crippen LogP contribution in [0.4, 0.5) is 0 Å². The highest BCUT2D eigenvalue weighted by Gasteiger charge is 2.54. The van der Waals surface area contributed by atoms with E-state index < -0.39 is 6.23 Å². The molecule has 0 saturated heterocycles. The van der Waals surface area contributed by atoms with Crippen molar-refractivity contribution >= 4 is 11.8 Å². The lowest BCUT2D eigenvalue weighted by molar-refractivity contribution is -0.122. The molecule has 0 spiro atoms. The Morgan fingerprint density at radius 3 is 2.67 bits per heavy atom. The van der Waals surface area contributed by atoms with Crippen molar-refractivity contribution in [3.05, 3.63) is 53.5 Å². The van der Waals surface area contributed by atoms with Gasteiger partial charge in [-0.05, 0) is 56.6 Å². The quantitative estimate of drug-likeness (QED) is 0.469.